The highest BCUT2D eigenvalue weighted by Gasteiger charge is 2.39. The summed E-state index contributed by atoms with van der Waals surface area (Å²) in [6, 6.07) is 1.81. The highest BCUT2D eigenvalue weighted by molar-refractivity contribution is 9.10. The summed E-state index contributed by atoms with van der Waals surface area (Å²) in [5.41, 5.74) is 0.913. The van der Waals surface area contributed by atoms with Crippen molar-refractivity contribution >= 4 is 27.5 Å². The van der Waals surface area contributed by atoms with Crippen LogP contribution < -0.4 is 5.32 Å². The molecule has 1 N–H and O–H groups in total. The number of nitrogens with one attached hydrogen (secondary N) is 1. The molecule has 1 atom stereocenters. The van der Waals surface area contributed by atoms with Crippen LogP contribution in [0, 0.1) is 11.3 Å². The molecule has 2 rings (SSSR count). The molecule has 0 radical (unpaired) electrons. The first-order valence-electron chi connectivity index (χ1n) is 5.91. The highest BCUT2D eigenvalue weighted by atomic mass is 79.9. The molecule has 0 aliphatic heterocycles. The van der Waals surface area contributed by atoms with E-state index >= 15 is 0 Å². The van der Waals surface area contributed by atoms with E-state index < -0.39 is 0 Å². The number of hydrogen-bond donors (Lipinski definition) is 1. The zero-order valence-corrected chi connectivity index (χ0v) is 11.8. The predicted molar refractivity (Wildman–Crippen MR) is 71.7 cm³/mol. The zero-order chi connectivity index (χ0) is 12.5. The molecule has 1 fully saturated rings. The SMILES string of the molecule is CC1(C)CCCC1C(=O)Nc1ccncc1Br. The van der Waals surface area contributed by atoms with E-state index in [1.54, 1.807) is 12.4 Å². The molecule has 1 amide bonds. The number of nitrogens with zero attached hydrogens (tertiary/aromatic N) is 1. The summed E-state index contributed by atoms with van der Waals surface area (Å²) in [4.78, 5) is 16.2. The minimum Gasteiger partial charge on any atom is -0.325 e. The molecule has 3 nitrogen and oxygen atoms in total. The fourth-order valence-electron chi connectivity index (χ4n) is 2.51. The minimum absolute atomic E-state index is 0.113. The Kier molecular flexibility index (Phi) is 3.52. The van der Waals surface area contributed by atoms with Gasteiger partial charge in [0.15, 0.2) is 0 Å². The number of amides is 1. The molecule has 0 bridgehead atoms. The maximum absolute atomic E-state index is 12.2. The van der Waals surface area contributed by atoms with E-state index in [1.807, 2.05) is 6.07 Å². The summed E-state index contributed by atoms with van der Waals surface area (Å²) in [6.07, 6.45) is 6.63. The van der Waals surface area contributed by atoms with Gasteiger partial charge < -0.3 is 5.32 Å². The van der Waals surface area contributed by atoms with E-state index in [0.29, 0.717) is 0 Å². The van der Waals surface area contributed by atoms with E-state index in [1.165, 1.54) is 0 Å². The lowest BCUT2D eigenvalue weighted by atomic mass is 9.81. The highest BCUT2D eigenvalue weighted by Crippen LogP contribution is 2.43. The Morgan fingerprint density at radius 1 is 1.59 bits per heavy atom. The van der Waals surface area contributed by atoms with Gasteiger partial charge in [0, 0.05) is 18.3 Å². The van der Waals surface area contributed by atoms with Crippen molar-refractivity contribution in [1.29, 1.82) is 0 Å². The first-order chi connectivity index (χ1) is 8.00. The molecule has 1 aliphatic carbocycles. The molecular weight excluding hydrogens is 280 g/mol. The standard InChI is InChI=1S/C13H17BrN2O/c1-13(2)6-3-4-9(13)12(17)16-11-5-7-15-8-10(11)14/h5,7-9H,3-4,6H2,1-2H3,(H,15,16,17). The van der Waals surface area contributed by atoms with Crippen molar-refractivity contribution in [3.63, 3.8) is 0 Å². The quantitative estimate of drug-likeness (QED) is 0.906. The van der Waals surface area contributed by atoms with E-state index in [-0.39, 0.29) is 17.2 Å². The lowest BCUT2D eigenvalue weighted by Crippen LogP contribution is -2.30. The van der Waals surface area contributed by atoms with Gasteiger partial charge in [0.05, 0.1) is 10.2 Å². The van der Waals surface area contributed by atoms with Crippen LogP contribution >= 0.6 is 15.9 Å². The number of carbonyl (C=O) groups excluding carboxylic acids is 1. The smallest absolute Gasteiger partial charge is 0.228 e. The van der Waals surface area contributed by atoms with Gasteiger partial charge in [-0.25, -0.2) is 0 Å². The topological polar surface area (TPSA) is 42.0 Å². The van der Waals surface area contributed by atoms with Crippen LogP contribution in [0.4, 0.5) is 5.69 Å². The van der Waals surface area contributed by atoms with Gasteiger partial charge in [-0.1, -0.05) is 20.3 Å². The summed E-state index contributed by atoms with van der Waals surface area (Å²) >= 11 is 3.38. The van der Waals surface area contributed by atoms with Crippen molar-refractivity contribution in [2.24, 2.45) is 11.3 Å². The van der Waals surface area contributed by atoms with Gasteiger partial charge in [-0.2, -0.15) is 0 Å². The molecule has 1 heterocycles. The fourth-order valence-corrected chi connectivity index (χ4v) is 2.86. The molecule has 92 valence electrons. The van der Waals surface area contributed by atoms with E-state index in [4.69, 9.17) is 0 Å². The second kappa shape index (κ2) is 4.77. The molecule has 1 aromatic rings. The average Bonchev–Trinajstić information content (AvgIpc) is 2.61. The third-order valence-corrected chi connectivity index (χ3v) is 4.24. The summed E-state index contributed by atoms with van der Waals surface area (Å²) in [6.45, 7) is 4.34. The molecule has 1 aromatic heterocycles. The van der Waals surface area contributed by atoms with E-state index in [9.17, 15) is 4.79 Å². The Morgan fingerprint density at radius 3 is 2.94 bits per heavy atom. The normalized spacial score (nSPS) is 22.4. The molecule has 4 heteroatoms. The van der Waals surface area contributed by atoms with Gasteiger partial charge >= 0.3 is 0 Å². The third kappa shape index (κ3) is 2.68. The summed E-state index contributed by atoms with van der Waals surface area (Å²) in [5.74, 6) is 0.238. The third-order valence-electron chi connectivity index (χ3n) is 3.60. The van der Waals surface area contributed by atoms with Crippen LogP contribution in [0.3, 0.4) is 0 Å². The van der Waals surface area contributed by atoms with Crippen molar-refractivity contribution in [2.45, 2.75) is 33.1 Å². The van der Waals surface area contributed by atoms with Crippen LogP contribution in [-0.4, -0.2) is 10.9 Å². The number of halogens is 1. The Labute approximate surface area is 110 Å². The number of hydrogen-bond acceptors (Lipinski definition) is 2. The maximum atomic E-state index is 12.2. The Balaban J connectivity index is 2.10. The second-order valence-corrected chi connectivity index (χ2v) is 6.13. The van der Waals surface area contributed by atoms with E-state index in [2.05, 4.69) is 40.1 Å². The van der Waals surface area contributed by atoms with Crippen molar-refractivity contribution in [2.75, 3.05) is 5.32 Å². The second-order valence-electron chi connectivity index (χ2n) is 5.28. The molecule has 1 unspecified atom stereocenters. The molecule has 1 saturated carbocycles. The molecule has 0 saturated heterocycles. The van der Waals surface area contributed by atoms with Gasteiger partial charge in [-0.05, 0) is 40.3 Å². The average molecular weight is 297 g/mol. The fraction of sp³-hybridized carbons (Fsp3) is 0.538. The van der Waals surface area contributed by atoms with Crippen LogP contribution in [-0.2, 0) is 4.79 Å². The molecule has 0 aromatic carbocycles. The lowest BCUT2D eigenvalue weighted by Gasteiger charge is -2.26. The number of anilines is 1. The molecular formula is C13H17BrN2O. The van der Waals surface area contributed by atoms with Crippen molar-refractivity contribution in [1.82, 2.24) is 4.98 Å². The van der Waals surface area contributed by atoms with Crippen molar-refractivity contribution < 1.29 is 4.79 Å². The zero-order valence-electron chi connectivity index (χ0n) is 10.2. The first kappa shape index (κ1) is 12.6. The van der Waals surface area contributed by atoms with E-state index in [0.717, 1.165) is 29.4 Å². The van der Waals surface area contributed by atoms with Gasteiger partial charge in [0.25, 0.3) is 0 Å². The Morgan fingerprint density at radius 2 is 2.35 bits per heavy atom. The van der Waals surface area contributed by atoms with Crippen LogP contribution in [0.15, 0.2) is 22.9 Å². The number of carbonyl (C=O) groups is 1. The Bertz CT molecular complexity index is 431. The monoisotopic (exact) mass is 296 g/mol. The van der Waals surface area contributed by atoms with Crippen molar-refractivity contribution in [3.05, 3.63) is 22.9 Å². The number of rotatable bonds is 2. The van der Waals surface area contributed by atoms with Crippen molar-refractivity contribution in [3.8, 4) is 0 Å². The Hall–Kier alpha value is -0.900. The minimum atomic E-state index is 0.113. The maximum Gasteiger partial charge on any atom is 0.228 e. The number of pyridine rings is 1. The summed E-state index contributed by atoms with van der Waals surface area (Å²) in [7, 11) is 0. The summed E-state index contributed by atoms with van der Waals surface area (Å²) < 4.78 is 0.823. The van der Waals surface area contributed by atoms with Crippen LogP contribution in [0.5, 0.6) is 0 Å². The van der Waals surface area contributed by atoms with Gasteiger partial charge in [-0.15, -0.1) is 0 Å². The van der Waals surface area contributed by atoms with Gasteiger partial charge in [-0.3, -0.25) is 9.78 Å². The van der Waals surface area contributed by atoms with Crippen LogP contribution in [0.1, 0.15) is 33.1 Å². The summed E-state index contributed by atoms with van der Waals surface area (Å²) in [5, 5.41) is 2.98. The van der Waals surface area contributed by atoms with Crippen LogP contribution in [0.2, 0.25) is 0 Å². The first-order valence-corrected chi connectivity index (χ1v) is 6.70. The van der Waals surface area contributed by atoms with Gasteiger partial charge in [0.2, 0.25) is 5.91 Å². The largest absolute Gasteiger partial charge is 0.325 e. The predicted octanol–water partition coefficient (Wildman–Crippen LogP) is 3.61. The molecule has 0 spiro atoms. The number of aromatic nitrogens is 1. The van der Waals surface area contributed by atoms with Gasteiger partial charge in [0.1, 0.15) is 0 Å². The molecule has 17 heavy (non-hydrogen) atoms. The van der Waals surface area contributed by atoms with Crippen LogP contribution in [0.25, 0.3) is 0 Å². The molecule has 1 aliphatic rings. The lowest BCUT2D eigenvalue weighted by molar-refractivity contribution is -0.122.